The summed E-state index contributed by atoms with van der Waals surface area (Å²) in [6, 6.07) is 12.1. The van der Waals surface area contributed by atoms with Crippen LogP contribution in [0.5, 0.6) is 17.4 Å². The van der Waals surface area contributed by atoms with E-state index in [1.807, 2.05) is 12.1 Å². The zero-order chi connectivity index (χ0) is 27.1. The van der Waals surface area contributed by atoms with Gasteiger partial charge >= 0.3 is 5.97 Å². The molecule has 0 saturated carbocycles. The average molecular weight is 532 g/mol. The van der Waals surface area contributed by atoms with Crippen molar-refractivity contribution in [1.82, 2.24) is 15.2 Å². The SMILES string of the molecule is COc1cc(Oc2nc(C3CCOCC3)c(-c3ccc(F)cc3)c3cc4cn[nH]c4cc23)c(F)cc1C(=O)O. The fraction of sp³-hybridized carbons (Fsp3) is 0.207. The topological polar surface area (TPSA) is 107 Å². The molecule has 39 heavy (non-hydrogen) atoms. The predicted octanol–water partition coefficient (Wildman–Crippen LogP) is 6.45. The van der Waals surface area contributed by atoms with E-state index in [1.54, 1.807) is 18.3 Å². The van der Waals surface area contributed by atoms with E-state index in [0.717, 1.165) is 52.0 Å². The maximum absolute atomic E-state index is 15.1. The number of nitrogens with zero attached hydrogens (tertiary/aromatic N) is 2. The van der Waals surface area contributed by atoms with Gasteiger partial charge in [-0.3, -0.25) is 5.10 Å². The van der Waals surface area contributed by atoms with Crippen LogP contribution in [0.15, 0.2) is 54.7 Å². The van der Waals surface area contributed by atoms with E-state index in [9.17, 15) is 14.3 Å². The zero-order valence-electron chi connectivity index (χ0n) is 20.8. The molecule has 0 amide bonds. The number of aromatic amines is 1. The molecular formula is C29H23F2N3O5. The summed E-state index contributed by atoms with van der Waals surface area (Å²) in [7, 11) is 1.30. The first-order chi connectivity index (χ1) is 18.9. The van der Waals surface area contributed by atoms with Gasteiger partial charge in [0.25, 0.3) is 0 Å². The second-order valence-corrected chi connectivity index (χ2v) is 9.32. The Labute approximate surface area is 221 Å². The number of H-pyrrole nitrogens is 1. The molecule has 3 heterocycles. The number of halogens is 2. The summed E-state index contributed by atoms with van der Waals surface area (Å²) in [5, 5.41) is 18.7. The number of aromatic nitrogens is 3. The average Bonchev–Trinajstić information content (AvgIpc) is 3.41. The van der Waals surface area contributed by atoms with E-state index in [1.165, 1.54) is 25.3 Å². The molecule has 0 radical (unpaired) electrons. The first kappa shape index (κ1) is 24.7. The molecule has 0 aliphatic carbocycles. The first-order valence-corrected chi connectivity index (χ1v) is 12.4. The van der Waals surface area contributed by atoms with Gasteiger partial charge in [0.05, 0.1) is 24.5 Å². The highest BCUT2D eigenvalue weighted by molar-refractivity contribution is 6.06. The number of pyridine rings is 1. The van der Waals surface area contributed by atoms with Crippen LogP contribution < -0.4 is 9.47 Å². The van der Waals surface area contributed by atoms with E-state index in [-0.39, 0.29) is 34.7 Å². The summed E-state index contributed by atoms with van der Waals surface area (Å²) in [5.74, 6) is -2.68. The van der Waals surface area contributed by atoms with Crippen LogP contribution in [-0.4, -0.2) is 46.6 Å². The van der Waals surface area contributed by atoms with Gasteiger partial charge in [-0.2, -0.15) is 5.10 Å². The Morgan fingerprint density at radius 3 is 2.54 bits per heavy atom. The fourth-order valence-corrected chi connectivity index (χ4v) is 5.06. The Hall–Kier alpha value is -4.57. The molecule has 0 spiro atoms. The molecule has 8 nitrogen and oxygen atoms in total. The quantitative estimate of drug-likeness (QED) is 0.259. The fourth-order valence-electron chi connectivity index (χ4n) is 5.06. The van der Waals surface area contributed by atoms with Crippen LogP contribution in [0.2, 0.25) is 0 Å². The second kappa shape index (κ2) is 9.95. The summed E-state index contributed by atoms with van der Waals surface area (Å²) in [5.41, 5.74) is 2.73. The van der Waals surface area contributed by atoms with Gasteiger partial charge < -0.3 is 19.3 Å². The summed E-state index contributed by atoms with van der Waals surface area (Å²) < 4.78 is 45.8. The third-order valence-corrected chi connectivity index (χ3v) is 6.99. The van der Waals surface area contributed by atoms with Gasteiger partial charge in [0, 0.05) is 41.5 Å². The lowest BCUT2D eigenvalue weighted by Gasteiger charge is -2.26. The normalized spacial score (nSPS) is 14.1. The summed E-state index contributed by atoms with van der Waals surface area (Å²) >= 11 is 0. The van der Waals surface area contributed by atoms with E-state index in [0.29, 0.717) is 18.6 Å². The Morgan fingerprint density at radius 1 is 1.05 bits per heavy atom. The van der Waals surface area contributed by atoms with Gasteiger partial charge in [-0.05, 0) is 54.1 Å². The molecule has 198 valence electrons. The number of benzene rings is 3. The van der Waals surface area contributed by atoms with Crippen LogP contribution >= 0.6 is 0 Å². The largest absolute Gasteiger partial charge is 0.496 e. The van der Waals surface area contributed by atoms with Crippen molar-refractivity contribution in [3.63, 3.8) is 0 Å². The van der Waals surface area contributed by atoms with Crippen molar-refractivity contribution in [2.24, 2.45) is 0 Å². The van der Waals surface area contributed by atoms with Crippen molar-refractivity contribution in [3.05, 3.63) is 77.6 Å². The Morgan fingerprint density at radius 2 is 1.82 bits per heavy atom. The van der Waals surface area contributed by atoms with Crippen molar-refractivity contribution in [2.75, 3.05) is 20.3 Å². The third kappa shape index (κ3) is 4.52. The molecule has 6 rings (SSSR count). The number of fused-ring (bicyclic) bond motifs is 2. The van der Waals surface area contributed by atoms with Crippen molar-refractivity contribution in [3.8, 4) is 28.5 Å². The second-order valence-electron chi connectivity index (χ2n) is 9.32. The third-order valence-electron chi connectivity index (χ3n) is 6.99. The number of methoxy groups -OCH3 is 1. The van der Waals surface area contributed by atoms with E-state index in [4.69, 9.17) is 19.2 Å². The number of nitrogens with one attached hydrogen (secondary N) is 1. The summed E-state index contributed by atoms with van der Waals surface area (Å²) in [6.45, 7) is 1.12. The van der Waals surface area contributed by atoms with Gasteiger partial charge in [-0.15, -0.1) is 0 Å². The highest BCUT2D eigenvalue weighted by Gasteiger charge is 2.27. The molecule has 1 aliphatic heterocycles. The van der Waals surface area contributed by atoms with Crippen molar-refractivity contribution in [2.45, 2.75) is 18.8 Å². The molecule has 1 saturated heterocycles. The molecule has 1 fully saturated rings. The molecule has 2 aromatic heterocycles. The predicted molar refractivity (Wildman–Crippen MR) is 140 cm³/mol. The number of rotatable bonds is 6. The van der Waals surface area contributed by atoms with E-state index in [2.05, 4.69) is 10.2 Å². The molecule has 1 aliphatic rings. The van der Waals surface area contributed by atoms with Gasteiger partial charge in [-0.25, -0.2) is 18.6 Å². The molecule has 0 bridgehead atoms. The van der Waals surface area contributed by atoms with E-state index >= 15 is 4.39 Å². The summed E-state index contributed by atoms with van der Waals surface area (Å²) in [4.78, 5) is 16.5. The number of carboxylic acids is 1. The van der Waals surface area contributed by atoms with Crippen LogP contribution in [0.1, 0.15) is 34.8 Å². The number of ether oxygens (including phenoxy) is 3. The van der Waals surface area contributed by atoms with Gasteiger partial charge in [0.1, 0.15) is 17.1 Å². The molecule has 10 heteroatoms. The Kier molecular flexibility index (Phi) is 6.32. The lowest BCUT2D eigenvalue weighted by Crippen LogP contribution is -2.16. The molecule has 0 unspecified atom stereocenters. The van der Waals surface area contributed by atoms with Gasteiger partial charge in [0.15, 0.2) is 11.6 Å². The van der Waals surface area contributed by atoms with Crippen LogP contribution in [0.3, 0.4) is 0 Å². The maximum Gasteiger partial charge on any atom is 0.339 e. The Bertz CT molecular complexity index is 1710. The minimum atomic E-state index is -1.33. The molecular weight excluding hydrogens is 508 g/mol. The minimum absolute atomic E-state index is 0.0133. The van der Waals surface area contributed by atoms with Gasteiger partial charge in [0.2, 0.25) is 5.88 Å². The number of aromatic carboxylic acids is 1. The van der Waals surface area contributed by atoms with Crippen LogP contribution in [0.25, 0.3) is 32.8 Å². The van der Waals surface area contributed by atoms with Crippen molar-refractivity contribution >= 4 is 27.6 Å². The standard InChI is InChI=1S/C29H23F2N3O5/c1-37-24-13-25(22(31)11-21(24)29(35)36)39-28-20-12-23-17(14-32-34-23)10-19(20)26(15-2-4-18(30)5-3-15)27(33-28)16-6-8-38-9-7-16/h2-5,10-14,16H,6-9H2,1H3,(H,32,34)(H,35,36). The van der Waals surface area contributed by atoms with Crippen molar-refractivity contribution in [1.29, 1.82) is 0 Å². The zero-order valence-corrected chi connectivity index (χ0v) is 20.8. The molecule has 0 atom stereocenters. The van der Waals surface area contributed by atoms with E-state index < -0.39 is 11.8 Å². The number of hydrogen-bond donors (Lipinski definition) is 2. The first-order valence-electron chi connectivity index (χ1n) is 12.4. The number of carbonyl (C=O) groups is 1. The van der Waals surface area contributed by atoms with Crippen LogP contribution in [0, 0.1) is 11.6 Å². The monoisotopic (exact) mass is 531 g/mol. The van der Waals surface area contributed by atoms with Crippen LogP contribution in [-0.2, 0) is 4.74 Å². The highest BCUT2D eigenvalue weighted by atomic mass is 19.1. The molecule has 2 N–H and O–H groups in total. The smallest absolute Gasteiger partial charge is 0.339 e. The lowest BCUT2D eigenvalue weighted by molar-refractivity contribution is 0.0692. The van der Waals surface area contributed by atoms with Crippen molar-refractivity contribution < 1.29 is 32.9 Å². The lowest BCUT2D eigenvalue weighted by atomic mass is 9.87. The summed E-state index contributed by atoms with van der Waals surface area (Å²) in [6.07, 6.45) is 3.14. The van der Waals surface area contributed by atoms with Gasteiger partial charge in [-0.1, -0.05) is 12.1 Å². The Balaban J connectivity index is 1.62. The minimum Gasteiger partial charge on any atom is -0.496 e. The number of hydrogen-bond acceptors (Lipinski definition) is 6. The molecule has 3 aromatic carbocycles. The maximum atomic E-state index is 15.1. The molecule has 5 aromatic rings. The highest BCUT2D eigenvalue weighted by Crippen LogP contribution is 2.44. The van der Waals surface area contributed by atoms with Crippen LogP contribution in [0.4, 0.5) is 8.78 Å². The number of carboxylic acid groups (broad SMARTS) is 1.